The van der Waals surface area contributed by atoms with Crippen LogP contribution in [-0.2, 0) is 6.42 Å². The van der Waals surface area contributed by atoms with Crippen LogP contribution >= 0.6 is 11.3 Å². The van der Waals surface area contributed by atoms with Crippen molar-refractivity contribution in [1.29, 1.82) is 0 Å². The molecule has 12 rings (SSSR count). The number of fused-ring (bicyclic) bond motifs is 10. The summed E-state index contributed by atoms with van der Waals surface area (Å²) in [5.74, 6) is 0.176. The van der Waals surface area contributed by atoms with E-state index in [4.69, 9.17) is 0 Å². The average Bonchev–Trinajstić information content (AvgIpc) is 3.85. The van der Waals surface area contributed by atoms with Crippen LogP contribution < -0.4 is 4.90 Å². The fraction of sp³-hybridized carbons (Fsp3) is 0.0526. The Morgan fingerprint density at radius 2 is 1.07 bits per heavy atom. The third-order valence-corrected chi connectivity index (χ3v) is 13.8. The van der Waals surface area contributed by atoms with Crippen LogP contribution in [-0.4, -0.2) is 0 Å². The largest absolute Gasteiger partial charge is 0.310 e. The van der Waals surface area contributed by atoms with Crippen molar-refractivity contribution in [2.24, 2.45) is 0 Å². The highest BCUT2D eigenvalue weighted by Gasteiger charge is 2.30. The van der Waals surface area contributed by atoms with Crippen LogP contribution in [0.4, 0.5) is 17.1 Å². The van der Waals surface area contributed by atoms with Gasteiger partial charge in [0.05, 0.1) is 0 Å². The van der Waals surface area contributed by atoms with Gasteiger partial charge in [-0.2, -0.15) is 0 Å². The molecule has 9 aromatic carbocycles. The molecule has 1 heterocycles. The number of aryl methyl sites for hydroxylation is 1. The molecule has 0 fully saturated rings. The van der Waals surface area contributed by atoms with E-state index in [1.165, 1.54) is 92.1 Å². The minimum absolute atomic E-state index is 0.176. The molecule has 0 amide bonds. The van der Waals surface area contributed by atoms with Crippen molar-refractivity contribution in [2.75, 3.05) is 4.90 Å². The normalized spacial score (nSPS) is 14.1. The smallest absolute Gasteiger partial charge is 0.0465 e. The van der Waals surface area contributed by atoms with Gasteiger partial charge in [0.25, 0.3) is 0 Å². The zero-order valence-electron chi connectivity index (χ0n) is 32.5. The maximum atomic E-state index is 2.43. The number of rotatable bonds is 6. The number of hydrogen-bond acceptors (Lipinski definition) is 2. The minimum Gasteiger partial charge on any atom is -0.310 e. The molecular weight excluding hydrogens is 731 g/mol. The molecule has 59 heavy (non-hydrogen) atoms. The molecule has 278 valence electrons. The number of hydrogen-bond donors (Lipinski definition) is 0. The molecule has 2 heteroatoms. The predicted octanol–water partition coefficient (Wildman–Crippen LogP) is 16.1. The molecule has 2 aliphatic carbocycles. The Hall–Kier alpha value is -7.00. The topological polar surface area (TPSA) is 3.24 Å². The lowest BCUT2D eigenvalue weighted by atomic mass is 9.89. The summed E-state index contributed by atoms with van der Waals surface area (Å²) in [7, 11) is 0. The summed E-state index contributed by atoms with van der Waals surface area (Å²) in [5, 5.41) is 6.73. The first-order valence-electron chi connectivity index (χ1n) is 20.7. The van der Waals surface area contributed by atoms with Crippen LogP contribution in [0.2, 0.25) is 0 Å². The zero-order chi connectivity index (χ0) is 38.9. The summed E-state index contributed by atoms with van der Waals surface area (Å²) in [6.45, 7) is 0. The highest BCUT2D eigenvalue weighted by Crippen LogP contribution is 2.50. The molecule has 0 saturated heterocycles. The molecule has 10 aromatic rings. The standard InChI is InChI=1S/C57H39NS/c1-3-11-37(12-4-1)38-21-27-44(28-22-38)58(46-31-34-49-48-15-7-8-17-51(48)55(53(49)36-46)40-13-5-2-6-14-40)45-29-23-39(24-30-45)42-26-32-47-43(35-42)20-19-41-25-33-52-50-16-9-10-18-54(50)59-57(52)56(41)47/h1-8,10-15,17-36,55H,9,16H2. The molecule has 0 spiro atoms. The third-order valence-electron chi connectivity index (χ3n) is 12.6. The zero-order valence-corrected chi connectivity index (χ0v) is 33.3. The van der Waals surface area contributed by atoms with E-state index in [0.717, 1.165) is 29.9 Å². The van der Waals surface area contributed by atoms with Gasteiger partial charge in [0.2, 0.25) is 0 Å². The van der Waals surface area contributed by atoms with Gasteiger partial charge in [-0.1, -0.05) is 158 Å². The molecule has 0 bridgehead atoms. The molecule has 1 unspecified atom stereocenters. The number of anilines is 3. The SMILES string of the molecule is C1=Cc2sc3c(ccc4ccc5cc(-c6ccc(N(c7ccc(-c8ccccc8)cc7)c7ccc8c(c7)C(c7ccccc7)c7ccccc7-8)cc6)ccc5c43)c2CC1. The van der Waals surface area contributed by atoms with Gasteiger partial charge in [-0.05, 0) is 139 Å². The first-order chi connectivity index (χ1) is 29.2. The fourth-order valence-electron chi connectivity index (χ4n) is 9.78. The molecule has 0 aliphatic heterocycles. The van der Waals surface area contributed by atoms with Gasteiger partial charge in [-0.3, -0.25) is 0 Å². The Labute approximate surface area is 348 Å². The second-order valence-electron chi connectivity index (χ2n) is 15.9. The van der Waals surface area contributed by atoms with Crippen LogP contribution in [0.5, 0.6) is 0 Å². The van der Waals surface area contributed by atoms with Gasteiger partial charge in [0.1, 0.15) is 0 Å². The monoisotopic (exact) mass is 769 g/mol. The van der Waals surface area contributed by atoms with Crippen molar-refractivity contribution in [2.45, 2.75) is 18.8 Å². The summed E-state index contributed by atoms with van der Waals surface area (Å²) in [6.07, 6.45) is 6.91. The van der Waals surface area contributed by atoms with Crippen molar-refractivity contribution in [3.63, 3.8) is 0 Å². The van der Waals surface area contributed by atoms with Gasteiger partial charge in [-0.25, -0.2) is 0 Å². The summed E-state index contributed by atoms with van der Waals surface area (Å²) < 4.78 is 1.42. The molecule has 1 aromatic heterocycles. The Kier molecular flexibility index (Phi) is 7.99. The van der Waals surface area contributed by atoms with Crippen LogP contribution in [0.15, 0.2) is 200 Å². The molecule has 0 saturated carbocycles. The first-order valence-corrected chi connectivity index (χ1v) is 21.5. The Balaban J connectivity index is 0.954. The maximum absolute atomic E-state index is 2.43. The van der Waals surface area contributed by atoms with Crippen LogP contribution in [0, 0.1) is 0 Å². The molecule has 2 aliphatic rings. The van der Waals surface area contributed by atoms with E-state index in [2.05, 4.69) is 211 Å². The van der Waals surface area contributed by atoms with E-state index < -0.39 is 0 Å². The number of benzene rings is 9. The van der Waals surface area contributed by atoms with Crippen LogP contribution in [0.1, 0.15) is 39.5 Å². The summed E-state index contributed by atoms with van der Waals surface area (Å²) >= 11 is 1.96. The fourth-order valence-corrected chi connectivity index (χ4v) is 11.1. The van der Waals surface area contributed by atoms with Crippen molar-refractivity contribution in [1.82, 2.24) is 0 Å². The van der Waals surface area contributed by atoms with Gasteiger partial charge in [0.15, 0.2) is 0 Å². The van der Waals surface area contributed by atoms with E-state index in [0.29, 0.717) is 0 Å². The van der Waals surface area contributed by atoms with Crippen LogP contribution in [0.25, 0.3) is 71.1 Å². The lowest BCUT2D eigenvalue weighted by Crippen LogP contribution is -2.11. The molecule has 1 nitrogen and oxygen atoms in total. The van der Waals surface area contributed by atoms with E-state index in [9.17, 15) is 0 Å². The average molecular weight is 770 g/mol. The number of thiophene rings is 1. The Morgan fingerprint density at radius 1 is 0.458 bits per heavy atom. The third kappa shape index (κ3) is 5.67. The maximum Gasteiger partial charge on any atom is 0.0465 e. The summed E-state index contributed by atoms with van der Waals surface area (Å²) in [5.41, 5.74) is 16.4. The van der Waals surface area contributed by atoms with Gasteiger partial charge in [-0.15, -0.1) is 11.3 Å². The number of allylic oxidation sites excluding steroid dienone is 1. The first kappa shape index (κ1) is 34.1. The molecule has 0 radical (unpaired) electrons. The lowest BCUT2D eigenvalue weighted by molar-refractivity contribution is 1.01. The molecule has 1 atom stereocenters. The van der Waals surface area contributed by atoms with Gasteiger partial charge in [0, 0.05) is 37.9 Å². The van der Waals surface area contributed by atoms with E-state index in [1.54, 1.807) is 0 Å². The quantitative estimate of drug-likeness (QED) is 0.152. The Morgan fingerprint density at radius 3 is 1.86 bits per heavy atom. The second kappa shape index (κ2) is 13.8. The molecular formula is C57H39NS. The Bertz CT molecular complexity index is 3250. The van der Waals surface area contributed by atoms with Crippen LogP contribution in [0.3, 0.4) is 0 Å². The van der Waals surface area contributed by atoms with E-state index in [1.807, 2.05) is 11.3 Å². The highest BCUT2D eigenvalue weighted by molar-refractivity contribution is 7.21. The summed E-state index contributed by atoms with van der Waals surface area (Å²) in [6, 6.07) is 72.0. The summed E-state index contributed by atoms with van der Waals surface area (Å²) in [4.78, 5) is 3.84. The van der Waals surface area contributed by atoms with E-state index >= 15 is 0 Å². The highest BCUT2D eigenvalue weighted by atomic mass is 32.1. The second-order valence-corrected chi connectivity index (χ2v) is 17.0. The lowest BCUT2D eigenvalue weighted by Gasteiger charge is -2.27. The number of nitrogens with zero attached hydrogens (tertiary/aromatic N) is 1. The van der Waals surface area contributed by atoms with E-state index in [-0.39, 0.29) is 5.92 Å². The van der Waals surface area contributed by atoms with Crippen molar-refractivity contribution >= 4 is 66.1 Å². The minimum atomic E-state index is 0.176. The van der Waals surface area contributed by atoms with Crippen molar-refractivity contribution in [3.8, 4) is 33.4 Å². The van der Waals surface area contributed by atoms with Crippen molar-refractivity contribution in [3.05, 3.63) is 227 Å². The van der Waals surface area contributed by atoms with Gasteiger partial charge >= 0.3 is 0 Å². The van der Waals surface area contributed by atoms with Gasteiger partial charge < -0.3 is 4.90 Å². The predicted molar refractivity (Wildman–Crippen MR) is 253 cm³/mol. The molecule has 0 N–H and O–H groups in total. The van der Waals surface area contributed by atoms with Crippen molar-refractivity contribution < 1.29 is 0 Å².